The quantitative estimate of drug-likeness (QED) is 0.939. The maximum Gasteiger partial charge on any atom is 0.317 e. The number of aryl methyl sites for hydroxylation is 1. The van der Waals surface area contributed by atoms with Crippen molar-refractivity contribution in [2.75, 3.05) is 14.1 Å². The first-order valence-corrected chi connectivity index (χ1v) is 8.40. The van der Waals surface area contributed by atoms with E-state index in [9.17, 15) is 4.79 Å². The van der Waals surface area contributed by atoms with Crippen LogP contribution in [0.1, 0.15) is 43.5 Å². The number of urea groups is 1. The van der Waals surface area contributed by atoms with Crippen LogP contribution in [0.2, 0.25) is 0 Å². The highest BCUT2D eigenvalue weighted by atomic mass is 16.2. The molecule has 0 aliphatic heterocycles. The molecule has 7 heteroatoms. The van der Waals surface area contributed by atoms with Crippen LogP contribution in [0, 0.1) is 6.92 Å². The van der Waals surface area contributed by atoms with Crippen LogP contribution in [-0.2, 0) is 5.54 Å². The maximum atomic E-state index is 12.4. The Hall–Kier alpha value is -2.44. The van der Waals surface area contributed by atoms with Gasteiger partial charge < -0.3 is 10.2 Å². The average Bonchev–Trinajstić information content (AvgIpc) is 3.11. The molecule has 24 heavy (non-hydrogen) atoms. The lowest BCUT2D eigenvalue weighted by molar-refractivity contribution is 0.0873. The maximum absolute atomic E-state index is 12.4. The smallest absolute Gasteiger partial charge is 0.317 e. The molecule has 1 aliphatic carbocycles. The van der Waals surface area contributed by atoms with Gasteiger partial charge in [0, 0.05) is 14.1 Å². The predicted octanol–water partition coefficient (Wildman–Crippen LogP) is 2.40. The second-order valence-electron chi connectivity index (χ2n) is 6.41. The van der Waals surface area contributed by atoms with Gasteiger partial charge >= 0.3 is 6.03 Å². The summed E-state index contributed by atoms with van der Waals surface area (Å²) in [6.07, 6.45) is 5.02. The summed E-state index contributed by atoms with van der Waals surface area (Å²) in [6.45, 7) is 2.04. The number of amides is 2. The van der Waals surface area contributed by atoms with Crippen LogP contribution >= 0.6 is 0 Å². The largest absolute Gasteiger partial charge is 0.341 e. The van der Waals surface area contributed by atoms with Crippen molar-refractivity contribution in [2.24, 2.45) is 0 Å². The lowest BCUT2D eigenvalue weighted by atomic mass is 9.79. The SMILES string of the molecule is CNC(=O)N(C)C1(c2nnnn2-c2ccccc2C)CCCCC1. The Labute approximate surface area is 142 Å². The highest BCUT2D eigenvalue weighted by Crippen LogP contribution is 2.41. The minimum Gasteiger partial charge on any atom is -0.341 e. The molecule has 2 amide bonds. The third-order valence-corrected chi connectivity index (χ3v) is 5.07. The van der Waals surface area contributed by atoms with Crippen LogP contribution in [-0.4, -0.2) is 45.2 Å². The van der Waals surface area contributed by atoms with Crippen molar-refractivity contribution in [1.82, 2.24) is 30.4 Å². The molecule has 0 bridgehead atoms. The third kappa shape index (κ3) is 2.64. The summed E-state index contributed by atoms with van der Waals surface area (Å²) >= 11 is 0. The molecule has 1 saturated carbocycles. The second-order valence-corrected chi connectivity index (χ2v) is 6.41. The van der Waals surface area contributed by atoms with Crippen LogP contribution in [0.25, 0.3) is 5.69 Å². The van der Waals surface area contributed by atoms with Gasteiger partial charge in [0.05, 0.1) is 5.69 Å². The van der Waals surface area contributed by atoms with E-state index in [4.69, 9.17) is 0 Å². The summed E-state index contributed by atoms with van der Waals surface area (Å²) in [4.78, 5) is 14.1. The molecule has 1 N–H and O–H groups in total. The van der Waals surface area contributed by atoms with E-state index in [1.165, 1.54) is 6.42 Å². The van der Waals surface area contributed by atoms with Gasteiger partial charge in [-0.2, -0.15) is 4.68 Å². The molecule has 2 aromatic rings. The highest BCUT2D eigenvalue weighted by molar-refractivity contribution is 5.74. The number of carbonyl (C=O) groups excluding carboxylic acids is 1. The minimum atomic E-state index is -0.482. The first kappa shape index (κ1) is 16.4. The number of aromatic nitrogens is 4. The molecule has 3 rings (SSSR count). The van der Waals surface area contributed by atoms with E-state index in [1.807, 2.05) is 38.2 Å². The fourth-order valence-electron chi connectivity index (χ4n) is 3.65. The normalized spacial score (nSPS) is 16.6. The number of nitrogens with zero attached hydrogens (tertiary/aromatic N) is 5. The Kier molecular flexibility index (Phi) is 4.51. The molecule has 0 spiro atoms. The van der Waals surface area contributed by atoms with Crippen molar-refractivity contribution < 1.29 is 4.79 Å². The van der Waals surface area contributed by atoms with Gasteiger partial charge in [0.25, 0.3) is 0 Å². The van der Waals surface area contributed by atoms with E-state index < -0.39 is 5.54 Å². The monoisotopic (exact) mass is 328 g/mol. The first-order chi connectivity index (χ1) is 11.6. The Morgan fingerprint density at radius 2 is 1.96 bits per heavy atom. The summed E-state index contributed by atoms with van der Waals surface area (Å²) < 4.78 is 1.79. The molecule has 1 aromatic heterocycles. The van der Waals surface area contributed by atoms with Crippen molar-refractivity contribution in [3.63, 3.8) is 0 Å². The summed E-state index contributed by atoms with van der Waals surface area (Å²) in [6, 6.07) is 7.90. The van der Waals surface area contributed by atoms with E-state index in [0.717, 1.165) is 42.8 Å². The molecular weight excluding hydrogens is 304 g/mol. The number of hydrogen-bond acceptors (Lipinski definition) is 4. The fourth-order valence-corrected chi connectivity index (χ4v) is 3.65. The lowest BCUT2D eigenvalue weighted by Crippen LogP contribution is -2.52. The third-order valence-electron chi connectivity index (χ3n) is 5.07. The fraction of sp³-hybridized carbons (Fsp3) is 0.529. The minimum absolute atomic E-state index is 0.115. The molecule has 0 radical (unpaired) electrons. The van der Waals surface area contributed by atoms with Gasteiger partial charge in [-0.25, -0.2) is 4.79 Å². The van der Waals surface area contributed by atoms with Crippen LogP contribution in [0.3, 0.4) is 0 Å². The van der Waals surface area contributed by atoms with Gasteiger partial charge in [0.2, 0.25) is 0 Å². The van der Waals surface area contributed by atoms with Gasteiger partial charge in [-0.05, 0) is 41.8 Å². The molecule has 1 aromatic carbocycles. The zero-order chi connectivity index (χ0) is 17.2. The first-order valence-electron chi connectivity index (χ1n) is 8.40. The van der Waals surface area contributed by atoms with Crippen LogP contribution in [0.4, 0.5) is 4.79 Å². The summed E-state index contributed by atoms with van der Waals surface area (Å²) in [5.41, 5.74) is 1.57. The number of benzene rings is 1. The van der Waals surface area contributed by atoms with Gasteiger partial charge in [-0.3, -0.25) is 0 Å². The van der Waals surface area contributed by atoms with Crippen molar-refractivity contribution >= 4 is 6.03 Å². The summed E-state index contributed by atoms with van der Waals surface area (Å²) in [5, 5.41) is 15.2. The van der Waals surface area contributed by atoms with E-state index in [2.05, 4.69) is 20.8 Å². The Bertz CT molecular complexity index is 719. The van der Waals surface area contributed by atoms with Gasteiger partial charge in [0.1, 0.15) is 5.54 Å². The second kappa shape index (κ2) is 6.59. The molecule has 128 valence electrons. The predicted molar refractivity (Wildman–Crippen MR) is 90.9 cm³/mol. The zero-order valence-corrected chi connectivity index (χ0v) is 14.5. The lowest BCUT2D eigenvalue weighted by Gasteiger charge is -2.43. The molecule has 1 fully saturated rings. The number of rotatable bonds is 3. The van der Waals surface area contributed by atoms with Crippen molar-refractivity contribution in [1.29, 1.82) is 0 Å². The summed E-state index contributed by atoms with van der Waals surface area (Å²) in [7, 11) is 3.49. The van der Waals surface area contributed by atoms with E-state index in [0.29, 0.717) is 0 Å². The summed E-state index contributed by atoms with van der Waals surface area (Å²) in [5.74, 6) is 0.739. The topological polar surface area (TPSA) is 75.9 Å². The molecule has 1 heterocycles. The molecule has 0 saturated heterocycles. The Morgan fingerprint density at radius 1 is 1.25 bits per heavy atom. The van der Waals surface area contributed by atoms with Gasteiger partial charge in [0.15, 0.2) is 5.82 Å². The van der Waals surface area contributed by atoms with Gasteiger partial charge in [-0.15, -0.1) is 5.10 Å². The number of nitrogens with one attached hydrogen (secondary N) is 1. The van der Waals surface area contributed by atoms with E-state index in [-0.39, 0.29) is 6.03 Å². The van der Waals surface area contributed by atoms with Crippen molar-refractivity contribution in [3.05, 3.63) is 35.7 Å². The van der Waals surface area contributed by atoms with Crippen LogP contribution < -0.4 is 5.32 Å². The zero-order valence-electron chi connectivity index (χ0n) is 14.5. The number of tetrazole rings is 1. The van der Waals surface area contributed by atoms with Crippen molar-refractivity contribution in [2.45, 2.75) is 44.6 Å². The van der Waals surface area contributed by atoms with E-state index in [1.54, 1.807) is 16.6 Å². The molecule has 0 unspecified atom stereocenters. The number of para-hydroxylation sites is 1. The average molecular weight is 328 g/mol. The Morgan fingerprint density at radius 3 is 2.62 bits per heavy atom. The molecule has 7 nitrogen and oxygen atoms in total. The Balaban J connectivity index is 2.12. The van der Waals surface area contributed by atoms with Gasteiger partial charge in [-0.1, -0.05) is 37.5 Å². The van der Waals surface area contributed by atoms with Crippen LogP contribution in [0.15, 0.2) is 24.3 Å². The molecular formula is C17H24N6O. The highest BCUT2D eigenvalue weighted by Gasteiger charge is 2.44. The number of hydrogen-bond donors (Lipinski definition) is 1. The van der Waals surface area contributed by atoms with Crippen LogP contribution in [0.5, 0.6) is 0 Å². The standard InChI is InChI=1S/C17H24N6O/c1-13-9-5-6-10-14(13)23-15(19-20-21-23)17(11-7-4-8-12-17)22(3)16(24)18-2/h5-6,9-10H,4,7-8,11-12H2,1-3H3,(H,18,24). The molecule has 1 aliphatic rings. The molecule has 0 atom stereocenters. The van der Waals surface area contributed by atoms with E-state index >= 15 is 0 Å². The number of carbonyl (C=O) groups is 1. The van der Waals surface area contributed by atoms with Crippen molar-refractivity contribution in [3.8, 4) is 5.69 Å².